The molecule has 0 amide bonds. The van der Waals surface area contributed by atoms with Gasteiger partial charge >= 0.3 is 0 Å². The summed E-state index contributed by atoms with van der Waals surface area (Å²) in [5.41, 5.74) is 4.65. The lowest BCUT2D eigenvalue weighted by Gasteiger charge is -2.24. The van der Waals surface area contributed by atoms with Crippen molar-refractivity contribution in [2.45, 2.75) is 35.6 Å². The summed E-state index contributed by atoms with van der Waals surface area (Å²) in [7, 11) is 0. The number of nitrogens with one attached hydrogen (secondary N) is 1. The summed E-state index contributed by atoms with van der Waals surface area (Å²) < 4.78 is 3.94. The Morgan fingerprint density at radius 1 is 1.27 bits per heavy atom. The van der Waals surface area contributed by atoms with Crippen LogP contribution >= 0.6 is 11.8 Å². The molecule has 5 rings (SSSR count). The number of aromatic nitrogens is 5. The quantitative estimate of drug-likeness (QED) is 0.545. The molecule has 1 saturated heterocycles. The molecule has 150 valence electrons. The van der Waals surface area contributed by atoms with Gasteiger partial charge in [-0.15, -0.1) is 0 Å². The van der Waals surface area contributed by atoms with E-state index in [1.165, 1.54) is 6.42 Å². The Bertz CT molecular complexity index is 1230. The maximum atomic E-state index is 9.55. The molecule has 1 N–H and O–H groups in total. The molecule has 0 saturated carbocycles. The highest BCUT2D eigenvalue weighted by Crippen LogP contribution is 2.36. The zero-order valence-corrected chi connectivity index (χ0v) is 17.4. The molecule has 8 heteroatoms. The minimum atomic E-state index is 0.385. The van der Waals surface area contributed by atoms with Crippen LogP contribution in [0.1, 0.15) is 30.1 Å². The number of hydrogen-bond acceptors (Lipinski definition) is 6. The second-order valence-electron chi connectivity index (χ2n) is 7.44. The number of rotatable bonds is 4. The first kappa shape index (κ1) is 18.9. The number of nitrogens with zero attached hydrogens (tertiary/aromatic N) is 6. The predicted molar refractivity (Wildman–Crippen MR) is 115 cm³/mol. The van der Waals surface area contributed by atoms with Crippen LogP contribution < -0.4 is 5.32 Å². The summed E-state index contributed by atoms with van der Waals surface area (Å²) in [6, 6.07) is 8.70. The molecule has 0 bridgehead atoms. The number of nitriles is 1. The van der Waals surface area contributed by atoms with Crippen LogP contribution in [-0.2, 0) is 0 Å². The van der Waals surface area contributed by atoms with Gasteiger partial charge in [-0.25, -0.2) is 4.52 Å². The first-order valence-electron chi connectivity index (χ1n) is 9.99. The molecule has 1 atom stereocenters. The number of fused-ring (bicyclic) bond motifs is 1. The summed E-state index contributed by atoms with van der Waals surface area (Å²) in [4.78, 5) is 6.20. The highest BCUT2D eigenvalue weighted by molar-refractivity contribution is 7.99. The van der Waals surface area contributed by atoms with Gasteiger partial charge in [0.15, 0.2) is 0 Å². The second-order valence-corrected chi connectivity index (χ2v) is 8.55. The van der Waals surface area contributed by atoms with Gasteiger partial charge in [0.1, 0.15) is 6.07 Å². The van der Waals surface area contributed by atoms with Gasteiger partial charge in [0.05, 0.1) is 29.5 Å². The summed E-state index contributed by atoms with van der Waals surface area (Å²) in [6.07, 6.45) is 11.4. The third-order valence-electron chi connectivity index (χ3n) is 5.53. The van der Waals surface area contributed by atoms with Crippen molar-refractivity contribution >= 4 is 17.3 Å². The van der Waals surface area contributed by atoms with Crippen LogP contribution in [0.3, 0.4) is 0 Å². The topological polar surface area (TPSA) is 83.8 Å². The first-order valence-corrected chi connectivity index (χ1v) is 10.8. The van der Waals surface area contributed by atoms with E-state index in [1.54, 1.807) is 28.7 Å². The Morgan fingerprint density at radius 3 is 2.97 bits per heavy atom. The summed E-state index contributed by atoms with van der Waals surface area (Å²) in [5, 5.41) is 22.2. The van der Waals surface area contributed by atoms with E-state index in [0.717, 1.165) is 51.6 Å². The molecule has 0 unspecified atom stereocenters. The van der Waals surface area contributed by atoms with Gasteiger partial charge in [-0.1, -0.05) is 11.8 Å². The highest BCUT2D eigenvalue weighted by atomic mass is 32.2. The van der Waals surface area contributed by atoms with E-state index in [4.69, 9.17) is 5.10 Å². The molecule has 1 fully saturated rings. The van der Waals surface area contributed by atoms with Crippen molar-refractivity contribution < 1.29 is 0 Å². The van der Waals surface area contributed by atoms with E-state index in [2.05, 4.69) is 39.1 Å². The second kappa shape index (κ2) is 7.94. The molecule has 1 aliphatic heterocycles. The SMILES string of the molecule is Cc1c(-c2cc(Sc3cccnc3)c3c(C#N)cnn3c2)cnn1[C@H]1CCCNC1. The lowest BCUT2D eigenvalue weighted by atomic mass is 10.1. The summed E-state index contributed by atoms with van der Waals surface area (Å²) in [6.45, 7) is 4.16. The van der Waals surface area contributed by atoms with Gasteiger partial charge in [-0.05, 0) is 44.5 Å². The number of pyridine rings is 2. The van der Waals surface area contributed by atoms with Crippen molar-refractivity contribution in [2.24, 2.45) is 0 Å². The molecule has 4 aromatic rings. The molecule has 4 aromatic heterocycles. The lowest BCUT2D eigenvalue weighted by molar-refractivity contribution is 0.342. The molecule has 5 heterocycles. The monoisotopic (exact) mass is 415 g/mol. The Balaban J connectivity index is 1.60. The Labute approximate surface area is 178 Å². The number of hydrogen-bond donors (Lipinski definition) is 1. The molecule has 0 aliphatic carbocycles. The average molecular weight is 416 g/mol. The largest absolute Gasteiger partial charge is 0.315 e. The normalized spacial score (nSPS) is 16.6. The van der Waals surface area contributed by atoms with Crippen LogP contribution in [0.5, 0.6) is 0 Å². The minimum absolute atomic E-state index is 0.385. The zero-order valence-electron chi connectivity index (χ0n) is 16.6. The van der Waals surface area contributed by atoms with Crippen LogP contribution in [0.25, 0.3) is 16.6 Å². The van der Waals surface area contributed by atoms with Crippen molar-refractivity contribution in [3.63, 3.8) is 0 Å². The van der Waals surface area contributed by atoms with Crippen molar-refractivity contribution in [2.75, 3.05) is 13.1 Å². The molecule has 0 aromatic carbocycles. The van der Waals surface area contributed by atoms with Crippen LogP contribution in [0.15, 0.2) is 59.0 Å². The standard InChI is InChI=1S/C22H21N7S/c1-15-20(13-27-29(15)18-4-2-6-24-11-18)16-8-21(30-19-5-3-7-25-12-19)22-17(9-23)10-26-28(22)14-16/h3,5,7-8,10,12-14,18,24H,2,4,6,11H2,1H3/t18-/m0/s1. The van der Waals surface area contributed by atoms with Crippen molar-refractivity contribution in [3.8, 4) is 17.2 Å². The van der Waals surface area contributed by atoms with Crippen molar-refractivity contribution in [3.05, 3.63) is 60.4 Å². The maximum absolute atomic E-state index is 9.55. The van der Waals surface area contributed by atoms with E-state index >= 15 is 0 Å². The van der Waals surface area contributed by atoms with Crippen LogP contribution in [0.4, 0.5) is 0 Å². The Morgan fingerprint density at radius 2 is 2.20 bits per heavy atom. The molecule has 1 aliphatic rings. The molecule has 30 heavy (non-hydrogen) atoms. The van der Waals surface area contributed by atoms with Crippen LogP contribution in [-0.4, -0.2) is 37.5 Å². The predicted octanol–water partition coefficient (Wildman–Crippen LogP) is 3.85. The molecule has 7 nitrogen and oxygen atoms in total. The van der Waals surface area contributed by atoms with Crippen molar-refractivity contribution in [1.29, 1.82) is 5.26 Å². The van der Waals surface area contributed by atoms with E-state index in [9.17, 15) is 5.26 Å². The van der Waals surface area contributed by atoms with Crippen molar-refractivity contribution in [1.82, 2.24) is 29.7 Å². The molecule has 0 spiro atoms. The van der Waals surface area contributed by atoms with E-state index in [1.807, 2.05) is 30.7 Å². The fraction of sp³-hybridized carbons (Fsp3) is 0.273. The smallest absolute Gasteiger partial charge is 0.103 e. The third kappa shape index (κ3) is 3.36. The fourth-order valence-electron chi connectivity index (χ4n) is 4.04. The van der Waals surface area contributed by atoms with E-state index < -0.39 is 0 Å². The van der Waals surface area contributed by atoms with Gasteiger partial charge in [0, 0.05) is 51.7 Å². The van der Waals surface area contributed by atoms with Crippen LogP contribution in [0.2, 0.25) is 0 Å². The first-order chi connectivity index (χ1) is 14.7. The molecular weight excluding hydrogens is 394 g/mol. The summed E-state index contributed by atoms with van der Waals surface area (Å²) >= 11 is 1.59. The Kier molecular flexibility index (Phi) is 4.99. The maximum Gasteiger partial charge on any atom is 0.103 e. The Hall–Kier alpha value is -3.15. The molecular formula is C22H21N7S. The van der Waals surface area contributed by atoms with Crippen LogP contribution in [0, 0.1) is 18.3 Å². The van der Waals surface area contributed by atoms with Gasteiger partial charge in [-0.3, -0.25) is 9.67 Å². The fourth-order valence-corrected chi connectivity index (χ4v) is 5.04. The van der Waals surface area contributed by atoms with E-state index in [-0.39, 0.29) is 0 Å². The van der Waals surface area contributed by atoms with Gasteiger partial charge in [-0.2, -0.15) is 15.5 Å². The lowest BCUT2D eigenvalue weighted by Crippen LogP contribution is -2.32. The third-order valence-corrected chi connectivity index (χ3v) is 6.54. The van der Waals surface area contributed by atoms with Gasteiger partial charge in [0.2, 0.25) is 0 Å². The summed E-state index contributed by atoms with van der Waals surface area (Å²) in [5.74, 6) is 0. The minimum Gasteiger partial charge on any atom is -0.315 e. The van der Waals surface area contributed by atoms with Gasteiger partial charge in [0.25, 0.3) is 0 Å². The zero-order chi connectivity index (χ0) is 20.5. The number of piperidine rings is 1. The molecule has 0 radical (unpaired) electrons. The van der Waals surface area contributed by atoms with Gasteiger partial charge < -0.3 is 5.32 Å². The average Bonchev–Trinajstić information content (AvgIpc) is 3.38. The van der Waals surface area contributed by atoms with E-state index in [0.29, 0.717) is 11.6 Å². The highest BCUT2D eigenvalue weighted by Gasteiger charge is 2.21.